The number of aryl methyl sites for hydroxylation is 1. The molecule has 0 unspecified atom stereocenters. The van der Waals surface area contributed by atoms with Crippen molar-refractivity contribution in [1.29, 1.82) is 0 Å². The maximum atomic E-state index is 13.8. The lowest BCUT2D eigenvalue weighted by molar-refractivity contribution is -0.143. The Morgan fingerprint density at radius 1 is 1.17 bits per heavy atom. The number of hydrogen-bond donors (Lipinski definition) is 1. The minimum atomic E-state index is -3.40. The van der Waals surface area contributed by atoms with E-state index < -0.39 is 27.5 Å². The van der Waals surface area contributed by atoms with Gasteiger partial charge in [-0.15, -0.1) is 0 Å². The van der Waals surface area contributed by atoms with Crippen LogP contribution in [0.4, 0.5) is 5.69 Å². The highest BCUT2D eigenvalue weighted by Crippen LogP contribution is 2.65. The summed E-state index contributed by atoms with van der Waals surface area (Å²) in [7, 11) is -3.40. The fraction of sp³-hybridized carbons (Fsp3) is 0.682. The van der Waals surface area contributed by atoms with Crippen LogP contribution in [-0.2, 0) is 24.3 Å². The van der Waals surface area contributed by atoms with Crippen molar-refractivity contribution in [2.45, 2.75) is 70.9 Å². The topological polar surface area (TPSA) is 84.9 Å². The second kappa shape index (κ2) is 6.06. The van der Waals surface area contributed by atoms with Crippen molar-refractivity contribution in [1.82, 2.24) is 4.72 Å². The van der Waals surface area contributed by atoms with E-state index in [2.05, 4.69) is 38.5 Å². The lowest BCUT2D eigenvalue weighted by Crippen LogP contribution is -2.61. The molecule has 30 heavy (non-hydrogen) atoms. The molecule has 0 aromatic heterocycles. The van der Waals surface area contributed by atoms with Gasteiger partial charge in [0.2, 0.25) is 15.9 Å². The van der Waals surface area contributed by atoms with Gasteiger partial charge in [-0.1, -0.05) is 0 Å². The highest BCUT2D eigenvalue weighted by molar-refractivity contribution is 7.88. The quantitative estimate of drug-likeness (QED) is 0.788. The lowest BCUT2D eigenvalue weighted by atomic mass is 9.64. The number of rotatable bonds is 3. The minimum Gasteiger partial charge on any atom is -0.366 e. The summed E-state index contributed by atoms with van der Waals surface area (Å²) >= 11 is 0. The van der Waals surface area contributed by atoms with Gasteiger partial charge in [-0.3, -0.25) is 9.69 Å². The summed E-state index contributed by atoms with van der Waals surface area (Å²) < 4.78 is 39.6. The van der Waals surface area contributed by atoms with Crippen molar-refractivity contribution < 1.29 is 22.7 Å². The van der Waals surface area contributed by atoms with E-state index >= 15 is 0 Å². The Kier molecular flexibility index (Phi) is 4.12. The Hall–Kier alpha value is -1.48. The number of carbonyl (C=O) groups excluding carboxylic acids is 1. The van der Waals surface area contributed by atoms with Gasteiger partial charge in [0.15, 0.2) is 0 Å². The van der Waals surface area contributed by atoms with E-state index in [1.807, 2.05) is 11.8 Å². The maximum Gasteiger partial charge on any atom is 0.235 e. The Morgan fingerprint density at radius 2 is 1.87 bits per heavy atom. The van der Waals surface area contributed by atoms with Gasteiger partial charge in [0.25, 0.3) is 0 Å². The number of anilines is 1. The molecule has 1 N–H and O–H groups in total. The number of ether oxygens (including phenoxy) is 2. The van der Waals surface area contributed by atoms with E-state index in [4.69, 9.17) is 9.47 Å². The lowest BCUT2D eigenvalue weighted by Gasteiger charge is -2.45. The molecule has 4 heterocycles. The predicted molar refractivity (Wildman–Crippen MR) is 113 cm³/mol. The van der Waals surface area contributed by atoms with Crippen molar-refractivity contribution in [2.75, 3.05) is 17.8 Å². The predicted octanol–water partition coefficient (Wildman–Crippen LogP) is 2.09. The molecule has 1 amide bonds. The Balaban J connectivity index is 1.63. The number of nitrogens with one attached hydrogen (secondary N) is 1. The molecule has 0 aliphatic carbocycles. The number of amides is 1. The second-order valence-electron chi connectivity index (χ2n) is 9.83. The van der Waals surface area contributed by atoms with Crippen molar-refractivity contribution >= 4 is 21.6 Å². The second-order valence-corrected chi connectivity index (χ2v) is 11.6. The van der Waals surface area contributed by atoms with Crippen LogP contribution in [0.15, 0.2) is 6.07 Å². The molecule has 4 fully saturated rings. The Labute approximate surface area is 178 Å². The molecular formula is C22H30N2O5S. The molecule has 1 spiro atoms. The molecule has 0 radical (unpaired) electrons. The molecule has 1 aromatic rings. The van der Waals surface area contributed by atoms with Gasteiger partial charge in [0, 0.05) is 18.0 Å². The largest absolute Gasteiger partial charge is 0.366 e. The summed E-state index contributed by atoms with van der Waals surface area (Å²) in [5.74, 6) is -0.500. The van der Waals surface area contributed by atoms with Crippen LogP contribution >= 0.6 is 0 Å². The van der Waals surface area contributed by atoms with Gasteiger partial charge in [0.05, 0.1) is 36.0 Å². The molecule has 6 atom stereocenters. The van der Waals surface area contributed by atoms with Crippen molar-refractivity contribution in [2.24, 2.45) is 11.8 Å². The van der Waals surface area contributed by atoms with Gasteiger partial charge in [-0.05, 0) is 69.4 Å². The third-order valence-electron chi connectivity index (χ3n) is 8.12. The Bertz CT molecular complexity index is 1070. The highest BCUT2D eigenvalue weighted by Gasteiger charge is 2.78. The summed E-state index contributed by atoms with van der Waals surface area (Å²) in [6.07, 6.45) is 1.82. The number of carbonyl (C=O) groups is 1. The molecular weight excluding hydrogens is 404 g/mol. The molecule has 4 aliphatic rings. The number of nitrogens with zero attached hydrogens (tertiary/aromatic N) is 1. The number of benzene rings is 1. The van der Waals surface area contributed by atoms with E-state index in [1.54, 1.807) is 0 Å². The fourth-order valence-electron chi connectivity index (χ4n) is 6.54. The van der Waals surface area contributed by atoms with Gasteiger partial charge in [0.1, 0.15) is 6.23 Å². The van der Waals surface area contributed by atoms with Gasteiger partial charge >= 0.3 is 0 Å². The third-order valence-corrected chi connectivity index (χ3v) is 8.83. The highest BCUT2D eigenvalue weighted by atomic mass is 32.2. The smallest absolute Gasteiger partial charge is 0.235 e. The van der Waals surface area contributed by atoms with Crippen molar-refractivity contribution in [3.63, 3.8) is 0 Å². The summed E-state index contributed by atoms with van der Waals surface area (Å²) in [6, 6.07) is 1.74. The minimum absolute atomic E-state index is 0.0276. The normalized spacial score (nSPS) is 39.7. The SMILES string of the molecule is Cc1cc(N2C(=O)[C@H]3[C@H]4[C@@H]2OCC[C@@]42O[C@]3(C)C[C@@H]2NS(C)(=O)=O)c(C)c(C)c1C. The van der Waals surface area contributed by atoms with E-state index in [-0.39, 0.29) is 23.8 Å². The number of sulfonamides is 1. The van der Waals surface area contributed by atoms with Gasteiger partial charge in [-0.2, -0.15) is 0 Å². The van der Waals surface area contributed by atoms with E-state index in [9.17, 15) is 13.2 Å². The number of hydrogen-bond acceptors (Lipinski definition) is 5. The first kappa shape index (κ1) is 20.4. The monoisotopic (exact) mass is 434 g/mol. The molecule has 8 heteroatoms. The molecule has 0 saturated carbocycles. The summed E-state index contributed by atoms with van der Waals surface area (Å²) in [6.45, 7) is 10.7. The van der Waals surface area contributed by atoms with Crippen LogP contribution in [0.2, 0.25) is 0 Å². The molecule has 164 valence electrons. The van der Waals surface area contributed by atoms with Crippen LogP contribution in [0.1, 0.15) is 42.0 Å². The average molecular weight is 435 g/mol. The molecule has 4 aliphatic heterocycles. The zero-order chi connectivity index (χ0) is 21.8. The summed E-state index contributed by atoms with van der Waals surface area (Å²) in [5.41, 5.74) is 4.13. The van der Waals surface area contributed by atoms with Crippen LogP contribution in [0.5, 0.6) is 0 Å². The maximum absolute atomic E-state index is 13.8. The van der Waals surface area contributed by atoms with Crippen LogP contribution in [-0.4, -0.2) is 50.7 Å². The van der Waals surface area contributed by atoms with Crippen molar-refractivity contribution in [3.8, 4) is 0 Å². The summed E-state index contributed by atoms with van der Waals surface area (Å²) in [4.78, 5) is 15.6. The Morgan fingerprint density at radius 3 is 2.53 bits per heavy atom. The van der Waals surface area contributed by atoms with Crippen LogP contribution in [0.25, 0.3) is 0 Å². The molecule has 5 rings (SSSR count). The van der Waals surface area contributed by atoms with Gasteiger partial charge < -0.3 is 9.47 Å². The molecule has 7 nitrogen and oxygen atoms in total. The zero-order valence-corrected chi connectivity index (χ0v) is 19.2. The molecule has 4 saturated heterocycles. The zero-order valence-electron chi connectivity index (χ0n) is 18.4. The number of fused-ring (bicyclic) bond motifs is 2. The first-order chi connectivity index (χ1) is 13.9. The summed E-state index contributed by atoms with van der Waals surface area (Å²) in [5, 5.41) is 0. The molecule has 1 aromatic carbocycles. The van der Waals surface area contributed by atoms with Crippen LogP contribution in [0, 0.1) is 39.5 Å². The van der Waals surface area contributed by atoms with E-state index in [0.29, 0.717) is 19.4 Å². The third kappa shape index (κ3) is 2.48. The molecule has 2 bridgehead atoms. The fourth-order valence-corrected chi connectivity index (χ4v) is 7.34. The van der Waals surface area contributed by atoms with Gasteiger partial charge in [-0.25, -0.2) is 13.1 Å². The first-order valence-electron chi connectivity index (χ1n) is 10.6. The van der Waals surface area contributed by atoms with Crippen LogP contribution in [0.3, 0.4) is 0 Å². The van der Waals surface area contributed by atoms with E-state index in [0.717, 1.165) is 16.8 Å². The van der Waals surface area contributed by atoms with Crippen LogP contribution < -0.4 is 9.62 Å². The first-order valence-corrected chi connectivity index (χ1v) is 12.5. The standard InChI is InChI=1S/C22H30N2O5S/c1-11-9-15(14(4)13(3)12(11)2)24-19(25)17-18-20(24)28-8-7-22(18)16(23-30(6,26)27)10-21(17,5)29-22/h9,16-18,20,23H,7-8,10H2,1-6H3/t16-,17+,18-,20-,21+,22-/m0/s1. The average Bonchev–Trinajstić information content (AvgIpc) is 3.19. The van der Waals surface area contributed by atoms with E-state index in [1.165, 1.54) is 17.4 Å². The van der Waals surface area contributed by atoms with Crippen molar-refractivity contribution in [3.05, 3.63) is 28.3 Å².